The van der Waals surface area contributed by atoms with Crippen LogP contribution in [0.3, 0.4) is 0 Å². The normalized spacial score (nSPS) is 9.83. The van der Waals surface area contributed by atoms with Gasteiger partial charge in [0.05, 0.1) is 7.11 Å². The zero-order chi connectivity index (χ0) is 8.97. The molecule has 1 aromatic carbocycles. The molecule has 0 aliphatic heterocycles. The van der Waals surface area contributed by atoms with E-state index in [-0.39, 0.29) is 12.4 Å². The first kappa shape index (κ1) is 8.87. The van der Waals surface area contributed by atoms with Crippen molar-refractivity contribution in [1.29, 1.82) is 0 Å². The van der Waals surface area contributed by atoms with Crippen LogP contribution < -0.4 is 4.74 Å². The highest BCUT2D eigenvalue weighted by atomic mass is 16.5. The summed E-state index contributed by atoms with van der Waals surface area (Å²) < 4.78 is 4.96. The molecule has 0 amide bonds. The topological polar surface area (TPSA) is 49.7 Å². The number of aliphatic hydroxyl groups is 1. The van der Waals surface area contributed by atoms with Gasteiger partial charge in [-0.3, -0.25) is 0 Å². The van der Waals surface area contributed by atoms with Crippen LogP contribution in [0.1, 0.15) is 5.56 Å². The molecule has 66 valence electrons. The van der Waals surface area contributed by atoms with Crippen LogP contribution in [0.4, 0.5) is 0 Å². The average Bonchev–Trinajstić information content (AvgIpc) is 2.09. The van der Waals surface area contributed by atoms with Crippen LogP contribution in [0, 0.1) is 0 Å². The van der Waals surface area contributed by atoms with Crippen molar-refractivity contribution in [3.05, 3.63) is 23.8 Å². The second-order valence-electron chi connectivity index (χ2n) is 2.47. The molecule has 0 radical (unpaired) electrons. The second kappa shape index (κ2) is 3.97. The average molecular weight is 168 g/mol. The number of aromatic hydroxyl groups is 1. The second-order valence-corrected chi connectivity index (χ2v) is 2.47. The molecule has 12 heavy (non-hydrogen) atoms. The number of aliphatic hydroxyl groups excluding tert-OH is 1. The number of phenols is 1. The van der Waals surface area contributed by atoms with Gasteiger partial charge in [-0.05, 0) is 30.2 Å². The van der Waals surface area contributed by atoms with Crippen LogP contribution in [0.25, 0.3) is 0 Å². The first-order chi connectivity index (χ1) is 5.77. The summed E-state index contributed by atoms with van der Waals surface area (Å²) in [7, 11) is 1.56. The smallest absolute Gasteiger partial charge is 0.119 e. The van der Waals surface area contributed by atoms with Gasteiger partial charge in [0.2, 0.25) is 0 Å². The number of benzene rings is 1. The van der Waals surface area contributed by atoms with E-state index in [9.17, 15) is 5.11 Å². The fraction of sp³-hybridized carbons (Fsp3) is 0.333. The summed E-state index contributed by atoms with van der Waals surface area (Å²) in [5.74, 6) is 0.890. The van der Waals surface area contributed by atoms with Gasteiger partial charge < -0.3 is 14.9 Å². The Bertz CT molecular complexity index is 258. The number of ether oxygens (including phenoxy) is 1. The standard InChI is InChI=1S/C9H12O3/c1-12-8-2-3-9(11)7(6-8)4-5-10/h2-3,6,10-11H,4-5H2,1H3. The van der Waals surface area contributed by atoms with E-state index < -0.39 is 0 Å². The minimum Gasteiger partial charge on any atom is -0.508 e. The van der Waals surface area contributed by atoms with E-state index in [1.54, 1.807) is 25.3 Å². The highest BCUT2D eigenvalue weighted by Gasteiger charge is 2.01. The summed E-state index contributed by atoms with van der Waals surface area (Å²) in [4.78, 5) is 0. The van der Waals surface area contributed by atoms with Crippen LogP contribution in [0.2, 0.25) is 0 Å². The van der Waals surface area contributed by atoms with Crippen molar-refractivity contribution in [1.82, 2.24) is 0 Å². The lowest BCUT2D eigenvalue weighted by atomic mass is 10.1. The Morgan fingerprint density at radius 1 is 1.42 bits per heavy atom. The molecule has 0 heterocycles. The molecule has 1 rings (SSSR count). The minimum absolute atomic E-state index is 0.0285. The molecule has 3 heteroatoms. The maximum atomic E-state index is 9.29. The van der Waals surface area contributed by atoms with E-state index in [1.165, 1.54) is 0 Å². The Hall–Kier alpha value is -1.22. The van der Waals surface area contributed by atoms with Gasteiger partial charge in [0.15, 0.2) is 0 Å². The number of hydrogen-bond donors (Lipinski definition) is 2. The summed E-state index contributed by atoms with van der Waals surface area (Å²) >= 11 is 0. The molecule has 0 unspecified atom stereocenters. The van der Waals surface area contributed by atoms with E-state index in [1.807, 2.05) is 0 Å². The molecule has 3 nitrogen and oxygen atoms in total. The quantitative estimate of drug-likeness (QED) is 0.706. The summed E-state index contributed by atoms with van der Waals surface area (Å²) in [6, 6.07) is 4.95. The summed E-state index contributed by atoms with van der Waals surface area (Å²) in [5, 5.41) is 18.0. The number of methoxy groups -OCH3 is 1. The van der Waals surface area contributed by atoms with Crippen molar-refractivity contribution in [2.75, 3.05) is 13.7 Å². The van der Waals surface area contributed by atoms with Gasteiger partial charge in [0.1, 0.15) is 11.5 Å². The third kappa shape index (κ3) is 1.89. The highest BCUT2D eigenvalue weighted by Crippen LogP contribution is 2.22. The van der Waals surface area contributed by atoms with Crippen molar-refractivity contribution < 1.29 is 14.9 Å². The van der Waals surface area contributed by atoms with Crippen LogP contribution in [0.15, 0.2) is 18.2 Å². The van der Waals surface area contributed by atoms with E-state index in [0.717, 1.165) is 0 Å². The Morgan fingerprint density at radius 2 is 2.17 bits per heavy atom. The Labute approximate surface area is 71.2 Å². The minimum atomic E-state index is 0.0285. The van der Waals surface area contributed by atoms with E-state index in [0.29, 0.717) is 17.7 Å². The van der Waals surface area contributed by atoms with Crippen molar-refractivity contribution in [2.45, 2.75) is 6.42 Å². The van der Waals surface area contributed by atoms with Gasteiger partial charge in [0, 0.05) is 6.61 Å². The fourth-order valence-corrected chi connectivity index (χ4v) is 1.01. The third-order valence-corrected chi connectivity index (χ3v) is 1.67. The summed E-state index contributed by atoms with van der Waals surface area (Å²) in [6.07, 6.45) is 0.447. The molecule has 2 N–H and O–H groups in total. The van der Waals surface area contributed by atoms with E-state index in [2.05, 4.69) is 0 Å². The largest absolute Gasteiger partial charge is 0.508 e. The van der Waals surface area contributed by atoms with Gasteiger partial charge in [0.25, 0.3) is 0 Å². The molecular weight excluding hydrogens is 156 g/mol. The Balaban J connectivity index is 2.91. The van der Waals surface area contributed by atoms with Gasteiger partial charge in [-0.15, -0.1) is 0 Å². The third-order valence-electron chi connectivity index (χ3n) is 1.67. The molecule has 0 saturated carbocycles. The summed E-state index contributed by atoms with van der Waals surface area (Å²) in [6.45, 7) is 0.0285. The molecule has 0 aliphatic carbocycles. The molecule has 1 aromatic rings. The molecule has 0 saturated heterocycles. The molecule has 0 bridgehead atoms. The van der Waals surface area contributed by atoms with Crippen molar-refractivity contribution in [3.63, 3.8) is 0 Å². The summed E-state index contributed by atoms with van der Waals surface area (Å²) in [5.41, 5.74) is 0.705. The first-order valence-electron chi connectivity index (χ1n) is 3.74. The Kier molecular flexibility index (Phi) is 2.94. The molecule has 0 aromatic heterocycles. The van der Waals surface area contributed by atoms with Crippen molar-refractivity contribution >= 4 is 0 Å². The fourth-order valence-electron chi connectivity index (χ4n) is 1.01. The van der Waals surface area contributed by atoms with Gasteiger partial charge in [-0.2, -0.15) is 0 Å². The zero-order valence-corrected chi connectivity index (χ0v) is 6.95. The molecule has 0 aliphatic rings. The van der Waals surface area contributed by atoms with Gasteiger partial charge in [-0.1, -0.05) is 0 Å². The van der Waals surface area contributed by atoms with Gasteiger partial charge in [-0.25, -0.2) is 0 Å². The molecule has 0 fully saturated rings. The van der Waals surface area contributed by atoms with Crippen molar-refractivity contribution in [3.8, 4) is 11.5 Å². The predicted molar refractivity (Wildman–Crippen MR) is 45.4 cm³/mol. The Morgan fingerprint density at radius 3 is 2.75 bits per heavy atom. The van der Waals surface area contributed by atoms with Crippen LogP contribution in [0.5, 0.6) is 11.5 Å². The molecular formula is C9H12O3. The first-order valence-corrected chi connectivity index (χ1v) is 3.74. The lowest BCUT2D eigenvalue weighted by Crippen LogP contribution is -1.92. The molecule has 0 atom stereocenters. The number of phenolic OH excluding ortho intramolecular Hbond substituents is 1. The number of hydrogen-bond acceptors (Lipinski definition) is 3. The van der Waals surface area contributed by atoms with E-state index >= 15 is 0 Å². The number of rotatable bonds is 3. The maximum absolute atomic E-state index is 9.29. The van der Waals surface area contributed by atoms with Crippen LogP contribution in [-0.2, 0) is 6.42 Å². The molecule has 0 spiro atoms. The lowest BCUT2D eigenvalue weighted by Gasteiger charge is -2.04. The predicted octanol–water partition coefficient (Wildman–Crippen LogP) is 0.936. The maximum Gasteiger partial charge on any atom is 0.119 e. The monoisotopic (exact) mass is 168 g/mol. The van der Waals surface area contributed by atoms with Crippen LogP contribution >= 0.6 is 0 Å². The lowest BCUT2D eigenvalue weighted by molar-refractivity contribution is 0.297. The highest BCUT2D eigenvalue weighted by molar-refractivity contribution is 5.39. The van der Waals surface area contributed by atoms with Gasteiger partial charge >= 0.3 is 0 Å². The van der Waals surface area contributed by atoms with E-state index in [4.69, 9.17) is 9.84 Å². The van der Waals surface area contributed by atoms with Crippen LogP contribution in [-0.4, -0.2) is 23.9 Å². The SMILES string of the molecule is COc1ccc(O)c(CCO)c1. The zero-order valence-electron chi connectivity index (χ0n) is 6.95. The van der Waals surface area contributed by atoms with Crippen molar-refractivity contribution in [2.24, 2.45) is 0 Å².